The molecule has 0 bridgehead atoms. The van der Waals surface area contributed by atoms with Crippen LogP contribution in [-0.2, 0) is 6.54 Å². The highest BCUT2D eigenvalue weighted by Crippen LogP contribution is 2.19. The highest BCUT2D eigenvalue weighted by molar-refractivity contribution is 5.74. The molecule has 0 aliphatic carbocycles. The molecule has 2 fully saturated rings. The van der Waals surface area contributed by atoms with Gasteiger partial charge in [0.05, 0.1) is 6.10 Å². The summed E-state index contributed by atoms with van der Waals surface area (Å²) in [6.07, 6.45) is 4.68. The lowest BCUT2D eigenvalue weighted by Crippen LogP contribution is -2.49. The lowest BCUT2D eigenvalue weighted by atomic mass is 9.96. The highest BCUT2D eigenvalue weighted by atomic mass is 16.3. The molecule has 0 spiro atoms. The number of nitrogens with one attached hydrogen (secondary N) is 1. The minimum absolute atomic E-state index is 0.101. The number of urea groups is 1. The molecule has 126 valence electrons. The number of aromatic nitrogens is 1. The van der Waals surface area contributed by atoms with Gasteiger partial charge in [-0.1, -0.05) is 6.92 Å². The van der Waals surface area contributed by atoms with Crippen LogP contribution in [0.25, 0.3) is 0 Å². The molecule has 1 aromatic heterocycles. The van der Waals surface area contributed by atoms with Gasteiger partial charge >= 0.3 is 6.03 Å². The first kappa shape index (κ1) is 16.1. The van der Waals surface area contributed by atoms with Gasteiger partial charge in [-0.05, 0) is 42.9 Å². The zero-order valence-electron chi connectivity index (χ0n) is 13.7. The minimum atomic E-state index is -0.419. The number of aliphatic hydroxyl groups is 1. The van der Waals surface area contributed by atoms with Gasteiger partial charge in [-0.2, -0.15) is 0 Å². The molecule has 2 unspecified atom stereocenters. The highest BCUT2D eigenvalue weighted by Gasteiger charge is 2.27. The first-order chi connectivity index (χ1) is 11.1. The summed E-state index contributed by atoms with van der Waals surface area (Å²) in [6, 6.07) is 3.89. The molecule has 0 saturated carbocycles. The molecule has 0 aromatic carbocycles. The zero-order valence-corrected chi connectivity index (χ0v) is 13.7. The van der Waals surface area contributed by atoms with Crippen LogP contribution >= 0.6 is 0 Å². The first-order valence-corrected chi connectivity index (χ1v) is 8.54. The molecule has 2 aliphatic heterocycles. The van der Waals surface area contributed by atoms with Gasteiger partial charge in [0, 0.05) is 38.9 Å². The predicted molar refractivity (Wildman–Crippen MR) is 89.3 cm³/mol. The quantitative estimate of drug-likeness (QED) is 0.888. The van der Waals surface area contributed by atoms with Crippen LogP contribution in [-0.4, -0.2) is 53.3 Å². The summed E-state index contributed by atoms with van der Waals surface area (Å²) < 4.78 is 0. The number of rotatable bonds is 3. The van der Waals surface area contributed by atoms with Gasteiger partial charge in [-0.25, -0.2) is 9.78 Å². The van der Waals surface area contributed by atoms with Crippen LogP contribution in [0.15, 0.2) is 18.3 Å². The maximum Gasteiger partial charge on any atom is 0.317 e. The zero-order chi connectivity index (χ0) is 16.2. The molecule has 23 heavy (non-hydrogen) atoms. The fraction of sp³-hybridized carbons (Fsp3) is 0.647. The Kier molecular flexibility index (Phi) is 5.00. The largest absolute Gasteiger partial charge is 0.391 e. The number of piperidine rings is 1. The average Bonchev–Trinajstić information content (AvgIpc) is 3.10. The Morgan fingerprint density at radius 1 is 1.39 bits per heavy atom. The summed E-state index contributed by atoms with van der Waals surface area (Å²) in [4.78, 5) is 20.7. The minimum Gasteiger partial charge on any atom is -0.391 e. The summed E-state index contributed by atoms with van der Waals surface area (Å²) in [5.74, 6) is 1.26. The number of hydrogen-bond acceptors (Lipinski definition) is 4. The number of aliphatic hydroxyl groups excluding tert-OH is 1. The molecule has 2 amide bonds. The van der Waals surface area contributed by atoms with Gasteiger partial charge in [0.1, 0.15) is 5.82 Å². The number of likely N-dealkylation sites (tertiary alicyclic amines) is 1. The van der Waals surface area contributed by atoms with Crippen molar-refractivity contribution in [1.82, 2.24) is 15.2 Å². The maximum atomic E-state index is 12.2. The summed E-state index contributed by atoms with van der Waals surface area (Å²) in [5.41, 5.74) is 1.06. The number of nitrogens with zero attached hydrogens (tertiary/aromatic N) is 3. The molecule has 6 nitrogen and oxygen atoms in total. The van der Waals surface area contributed by atoms with Crippen LogP contribution in [0, 0.1) is 5.92 Å². The lowest BCUT2D eigenvalue weighted by Gasteiger charge is -2.34. The number of pyridine rings is 1. The Labute approximate surface area is 137 Å². The van der Waals surface area contributed by atoms with Crippen LogP contribution in [0.4, 0.5) is 10.6 Å². The molecular weight excluding hydrogens is 292 g/mol. The number of amides is 2. The molecule has 3 rings (SSSR count). The van der Waals surface area contributed by atoms with Crippen molar-refractivity contribution in [3.05, 3.63) is 23.9 Å². The van der Waals surface area contributed by atoms with E-state index >= 15 is 0 Å². The first-order valence-electron chi connectivity index (χ1n) is 8.54. The van der Waals surface area contributed by atoms with Crippen LogP contribution < -0.4 is 10.2 Å². The number of β-amino-alcohol motifs (C(OH)–C–C–N with tert-alkyl or cyclic N) is 1. The summed E-state index contributed by atoms with van der Waals surface area (Å²) in [6.45, 7) is 5.77. The van der Waals surface area contributed by atoms with E-state index in [1.165, 1.54) is 12.8 Å². The van der Waals surface area contributed by atoms with Crippen LogP contribution in [0.1, 0.15) is 31.7 Å². The molecule has 1 aromatic rings. The predicted octanol–water partition coefficient (Wildman–Crippen LogP) is 1.59. The second-order valence-corrected chi connectivity index (χ2v) is 6.65. The van der Waals surface area contributed by atoms with Crippen molar-refractivity contribution in [3.8, 4) is 0 Å². The topological polar surface area (TPSA) is 68.7 Å². The molecule has 2 saturated heterocycles. The number of carbonyl (C=O) groups is 1. The average molecular weight is 318 g/mol. The van der Waals surface area contributed by atoms with Gasteiger partial charge in [-0.3, -0.25) is 0 Å². The normalized spacial score (nSPS) is 24.8. The molecule has 2 N–H and O–H groups in total. The van der Waals surface area contributed by atoms with Gasteiger partial charge in [0.2, 0.25) is 0 Å². The van der Waals surface area contributed by atoms with E-state index in [9.17, 15) is 9.90 Å². The Bertz CT molecular complexity index is 545. The fourth-order valence-corrected chi connectivity index (χ4v) is 3.21. The Morgan fingerprint density at radius 3 is 2.91 bits per heavy atom. The van der Waals surface area contributed by atoms with Gasteiger partial charge < -0.3 is 20.2 Å². The molecule has 3 heterocycles. The monoisotopic (exact) mass is 318 g/mol. The third-order valence-corrected chi connectivity index (χ3v) is 4.89. The fourth-order valence-electron chi connectivity index (χ4n) is 3.21. The van der Waals surface area contributed by atoms with Crippen LogP contribution in [0.2, 0.25) is 0 Å². The second-order valence-electron chi connectivity index (χ2n) is 6.65. The van der Waals surface area contributed by atoms with Gasteiger partial charge in [0.15, 0.2) is 0 Å². The standard InChI is InChI=1S/C17H26N4O2/c1-13-5-9-21(12-15(13)22)17(23)19-11-14-4-6-18-16(10-14)20-7-2-3-8-20/h4,6,10,13,15,22H,2-3,5,7-9,11-12H2,1H3,(H,19,23). The third kappa shape index (κ3) is 3.93. The van der Waals surface area contributed by atoms with E-state index in [1.54, 1.807) is 4.90 Å². The van der Waals surface area contributed by atoms with Gasteiger partial charge in [-0.15, -0.1) is 0 Å². The SMILES string of the molecule is CC1CCN(C(=O)NCc2ccnc(N3CCCC3)c2)CC1O. The smallest absolute Gasteiger partial charge is 0.317 e. The molecule has 0 radical (unpaired) electrons. The Balaban J connectivity index is 1.53. The molecule has 2 atom stereocenters. The Morgan fingerprint density at radius 2 is 2.17 bits per heavy atom. The lowest BCUT2D eigenvalue weighted by molar-refractivity contribution is 0.0435. The van der Waals surface area contributed by atoms with Crippen LogP contribution in [0.5, 0.6) is 0 Å². The van der Waals surface area contributed by atoms with Crippen molar-refractivity contribution >= 4 is 11.8 Å². The number of carbonyl (C=O) groups excluding carboxylic acids is 1. The molecular formula is C17H26N4O2. The van der Waals surface area contributed by atoms with Crippen molar-refractivity contribution < 1.29 is 9.90 Å². The van der Waals surface area contributed by atoms with Crippen molar-refractivity contribution in [3.63, 3.8) is 0 Å². The van der Waals surface area contributed by atoms with E-state index in [-0.39, 0.29) is 11.9 Å². The van der Waals surface area contributed by atoms with E-state index in [2.05, 4.69) is 21.3 Å². The van der Waals surface area contributed by atoms with E-state index in [4.69, 9.17) is 0 Å². The second kappa shape index (κ2) is 7.17. The van der Waals surface area contributed by atoms with Gasteiger partial charge in [0.25, 0.3) is 0 Å². The Hall–Kier alpha value is -1.82. The third-order valence-electron chi connectivity index (χ3n) is 4.89. The van der Waals surface area contributed by atoms with Crippen molar-refractivity contribution in [1.29, 1.82) is 0 Å². The van der Waals surface area contributed by atoms with E-state index in [1.807, 2.05) is 19.2 Å². The maximum absolute atomic E-state index is 12.2. The van der Waals surface area contributed by atoms with Crippen LogP contribution in [0.3, 0.4) is 0 Å². The van der Waals surface area contributed by atoms with Crippen molar-refractivity contribution in [2.75, 3.05) is 31.1 Å². The van der Waals surface area contributed by atoms with Crippen molar-refractivity contribution in [2.45, 2.75) is 38.8 Å². The summed E-state index contributed by atoms with van der Waals surface area (Å²) in [7, 11) is 0. The van der Waals surface area contributed by atoms with E-state index < -0.39 is 6.10 Å². The molecule has 2 aliphatic rings. The number of anilines is 1. The van der Waals surface area contributed by atoms with E-state index in [0.717, 1.165) is 30.9 Å². The van der Waals surface area contributed by atoms with E-state index in [0.29, 0.717) is 19.6 Å². The van der Waals surface area contributed by atoms with Crippen molar-refractivity contribution in [2.24, 2.45) is 5.92 Å². The summed E-state index contributed by atoms with van der Waals surface area (Å²) >= 11 is 0. The number of hydrogen-bond donors (Lipinski definition) is 2. The summed E-state index contributed by atoms with van der Waals surface area (Å²) in [5, 5.41) is 12.9. The molecule has 6 heteroatoms.